The van der Waals surface area contributed by atoms with Gasteiger partial charge in [0.15, 0.2) is 0 Å². The van der Waals surface area contributed by atoms with E-state index in [0.29, 0.717) is 13.2 Å². The van der Waals surface area contributed by atoms with Crippen LogP contribution in [0.15, 0.2) is 24.3 Å². The highest BCUT2D eigenvalue weighted by atomic mass is 16.5. The van der Waals surface area contributed by atoms with Gasteiger partial charge in [-0.25, -0.2) is 0 Å². The molecule has 1 unspecified atom stereocenters. The number of nitrogens with zero attached hydrogens (tertiary/aromatic N) is 3. The Balaban J connectivity index is 1.70. The van der Waals surface area contributed by atoms with Crippen molar-refractivity contribution < 1.29 is 4.74 Å². The number of ether oxygens (including phenoxy) is 1. The van der Waals surface area contributed by atoms with E-state index in [0.717, 1.165) is 17.4 Å². The van der Waals surface area contributed by atoms with Crippen LogP contribution < -0.4 is 10.1 Å². The molecule has 18 heavy (non-hydrogen) atoms. The van der Waals surface area contributed by atoms with Crippen molar-refractivity contribution in [1.82, 2.24) is 20.1 Å². The number of fused-ring (bicyclic) bond motifs is 1. The molecule has 1 aromatic carbocycles. The SMILES string of the molecule is Cc1nnc(CNC2COc3ccccc32)n1C. The fourth-order valence-corrected chi connectivity index (χ4v) is 2.15. The van der Waals surface area contributed by atoms with Crippen molar-refractivity contribution in [2.45, 2.75) is 19.5 Å². The number of rotatable bonds is 3. The van der Waals surface area contributed by atoms with Gasteiger partial charge in [-0.3, -0.25) is 5.32 Å². The van der Waals surface area contributed by atoms with Gasteiger partial charge in [0.05, 0.1) is 12.6 Å². The molecule has 0 spiro atoms. The number of nitrogens with one attached hydrogen (secondary N) is 1. The highest BCUT2D eigenvalue weighted by Crippen LogP contribution is 2.31. The normalized spacial score (nSPS) is 17.6. The van der Waals surface area contributed by atoms with Crippen molar-refractivity contribution in [3.05, 3.63) is 41.5 Å². The first-order valence-electron chi connectivity index (χ1n) is 6.05. The van der Waals surface area contributed by atoms with Crippen LogP contribution in [0.5, 0.6) is 5.75 Å². The van der Waals surface area contributed by atoms with E-state index in [4.69, 9.17) is 4.74 Å². The molecule has 1 aliphatic heterocycles. The Labute approximate surface area is 106 Å². The minimum atomic E-state index is 0.234. The highest BCUT2D eigenvalue weighted by Gasteiger charge is 2.23. The first-order chi connectivity index (χ1) is 8.75. The molecule has 0 bridgehead atoms. The average Bonchev–Trinajstić information content (AvgIpc) is 2.94. The van der Waals surface area contributed by atoms with E-state index in [2.05, 4.69) is 21.6 Å². The molecule has 1 atom stereocenters. The minimum Gasteiger partial charge on any atom is -0.491 e. The van der Waals surface area contributed by atoms with Crippen molar-refractivity contribution in [2.24, 2.45) is 7.05 Å². The maximum absolute atomic E-state index is 5.63. The summed E-state index contributed by atoms with van der Waals surface area (Å²) < 4.78 is 7.62. The van der Waals surface area contributed by atoms with Gasteiger partial charge in [-0.2, -0.15) is 0 Å². The molecule has 0 amide bonds. The van der Waals surface area contributed by atoms with Crippen LogP contribution in [0.1, 0.15) is 23.3 Å². The number of aromatic nitrogens is 3. The Hall–Kier alpha value is -1.88. The highest BCUT2D eigenvalue weighted by molar-refractivity contribution is 5.39. The molecule has 94 valence electrons. The van der Waals surface area contributed by atoms with Gasteiger partial charge in [-0.15, -0.1) is 10.2 Å². The van der Waals surface area contributed by atoms with Gasteiger partial charge in [0.2, 0.25) is 0 Å². The number of aryl methyl sites for hydroxylation is 1. The summed E-state index contributed by atoms with van der Waals surface area (Å²) in [6.07, 6.45) is 0. The molecular weight excluding hydrogens is 228 g/mol. The van der Waals surface area contributed by atoms with Gasteiger partial charge < -0.3 is 9.30 Å². The van der Waals surface area contributed by atoms with Crippen molar-refractivity contribution >= 4 is 0 Å². The fraction of sp³-hybridized carbons (Fsp3) is 0.385. The molecule has 1 aliphatic rings. The lowest BCUT2D eigenvalue weighted by molar-refractivity contribution is 0.309. The minimum absolute atomic E-state index is 0.234. The summed E-state index contributed by atoms with van der Waals surface area (Å²) in [5.41, 5.74) is 1.22. The van der Waals surface area contributed by atoms with Crippen LogP contribution in [-0.4, -0.2) is 21.4 Å². The molecule has 1 N–H and O–H groups in total. The summed E-state index contributed by atoms with van der Waals surface area (Å²) in [5, 5.41) is 11.6. The predicted molar refractivity (Wildman–Crippen MR) is 67.3 cm³/mol. The average molecular weight is 244 g/mol. The largest absolute Gasteiger partial charge is 0.491 e. The molecule has 0 saturated carbocycles. The lowest BCUT2D eigenvalue weighted by Gasteiger charge is -2.11. The van der Waals surface area contributed by atoms with E-state index in [-0.39, 0.29) is 6.04 Å². The zero-order chi connectivity index (χ0) is 12.5. The standard InChI is InChI=1S/C13H16N4O/c1-9-15-16-13(17(9)2)7-14-11-8-18-12-6-4-3-5-10(11)12/h3-6,11,14H,7-8H2,1-2H3. The Kier molecular flexibility index (Phi) is 2.76. The summed E-state index contributed by atoms with van der Waals surface area (Å²) in [5.74, 6) is 2.84. The van der Waals surface area contributed by atoms with Gasteiger partial charge in [-0.1, -0.05) is 18.2 Å². The summed E-state index contributed by atoms with van der Waals surface area (Å²) in [6, 6.07) is 8.37. The molecular formula is C13H16N4O. The van der Waals surface area contributed by atoms with Crippen molar-refractivity contribution in [3.63, 3.8) is 0 Å². The van der Waals surface area contributed by atoms with E-state index in [1.54, 1.807) is 0 Å². The van der Waals surface area contributed by atoms with Crippen molar-refractivity contribution in [1.29, 1.82) is 0 Å². The second kappa shape index (κ2) is 4.42. The Bertz CT molecular complexity index is 564. The molecule has 0 radical (unpaired) electrons. The molecule has 0 aliphatic carbocycles. The topological polar surface area (TPSA) is 52.0 Å². The zero-order valence-electron chi connectivity index (χ0n) is 10.6. The molecule has 2 heterocycles. The Morgan fingerprint density at radius 3 is 3.00 bits per heavy atom. The van der Waals surface area contributed by atoms with Gasteiger partial charge >= 0.3 is 0 Å². The van der Waals surface area contributed by atoms with Crippen LogP contribution in [0.4, 0.5) is 0 Å². The van der Waals surface area contributed by atoms with E-state index < -0.39 is 0 Å². The van der Waals surface area contributed by atoms with Crippen LogP contribution >= 0.6 is 0 Å². The monoisotopic (exact) mass is 244 g/mol. The summed E-state index contributed by atoms with van der Waals surface area (Å²) in [4.78, 5) is 0. The third kappa shape index (κ3) is 1.86. The van der Waals surface area contributed by atoms with Crippen LogP contribution in [0.25, 0.3) is 0 Å². The maximum Gasteiger partial charge on any atom is 0.146 e. The molecule has 5 nitrogen and oxygen atoms in total. The van der Waals surface area contributed by atoms with Gasteiger partial charge in [-0.05, 0) is 13.0 Å². The second-order valence-corrected chi connectivity index (χ2v) is 4.50. The van der Waals surface area contributed by atoms with Crippen LogP contribution in [0, 0.1) is 6.92 Å². The molecule has 2 aromatic rings. The van der Waals surface area contributed by atoms with Crippen molar-refractivity contribution in [3.8, 4) is 5.75 Å². The summed E-state index contributed by atoms with van der Waals surface area (Å²) in [7, 11) is 1.98. The quantitative estimate of drug-likeness (QED) is 0.885. The van der Waals surface area contributed by atoms with Crippen LogP contribution in [0.3, 0.4) is 0 Å². The van der Waals surface area contributed by atoms with E-state index in [1.165, 1.54) is 5.56 Å². The first kappa shape index (κ1) is 11.2. The van der Waals surface area contributed by atoms with Crippen LogP contribution in [-0.2, 0) is 13.6 Å². The van der Waals surface area contributed by atoms with Gasteiger partial charge in [0.1, 0.15) is 24.0 Å². The Morgan fingerprint density at radius 2 is 2.22 bits per heavy atom. The summed E-state index contributed by atoms with van der Waals surface area (Å²) in [6.45, 7) is 3.32. The lowest BCUT2D eigenvalue weighted by Crippen LogP contribution is -2.23. The van der Waals surface area contributed by atoms with E-state index in [1.807, 2.05) is 36.7 Å². The smallest absolute Gasteiger partial charge is 0.146 e. The third-order valence-corrected chi connectivity index (χ3v) is 3.39. The van der Waals surface area contributed by atoms with E-state index in [9.17, 15) is 0 Å². The molecule has 3 rings (SSSR count). The third-order valence-electron chi connectivity index (χ3n) is 3.39. The molecule has 0 saturated heterocycles. The molecule has 5 heteroatoms. The number of hydrogen-bond donors (Lipinski definition) is 1. The summed E-state index contributed by atoms with van der Waals surface area (Å²) >= 11 is 0. The molecule has 1 aromatic heterocycles. The fourth-order valence-electron chi connectivity index (χ4n) is 2.15. The first-order valence-corrected chi connectivity index (χ1v) is 6.05. The van der Waals surface area contributed by atoms with E-state index >= 15 is 0 Å². The van der Waals surface area contributed by atoms with Crippen LogP contribution in [0.2, 0.25) is 0 Å². The number of para-hydroxylation sites is 1. The maximum atomic E-state index is 5.63. The van der Waals surface area contributed by atoms with Gasteiger partial charge in [0.25, 0.3) is 0 Å². The lowest BCUT2D eigenvalue weighted by atomic mass is 10.1. The predicted octanol–water partition coefficient (Wildman–Crippen LogP) is 1.35. The van der Waals surface area contributed by atoms with Gasteiger partial charge in [0, 0.05) is 12.6 Å². The molecule has 0 fully saturated rings. The van der Waals surface area contributed by atoms with Crippen molar-refractivity contribution in [2.75, 3.05) is 6.61 Å². The Morgan fingerprint density at radius 1 is 1.39 bits per heavy atom. The zero-order valence-corrected chi connectivity index (χ0v) is 10.6. The second-order valence-electron chi connectivity index (χ2n) is 4.50. The number of benzene rings is 1. The number of hydrogen-bond acceptors (Lipinski definition) is 4.